The summed E-state index contributed by atoms with van der Waals surface area (Å²) in [7, 11) is 0. The van der Waals surface area contributed by atoms with E-state index in [-0.39, 0.29) is 10.9 Å². The van der Waals surface area contributed by atoms with E-state index in [0.717, 1.165) is 29.0 Å². The van der Waals surface area contributed by atoms with Gasteiger partial charge in [0.1, 0.15) is 0 Å². The molecule has 2 heterocycles. The third-order valence-corrected chi connectivity index (χ3v) is 5.34. The molecule has 0 radical (unpaired) electrons. The van der Waals surface area contributed by atoms with Crippen LogP contribution in [-0.2, 0) is 11.2 Å². The van der Waals surface area contributed by atoms with Crippen LogP contribution in [0.3, 0.4) is 0 Å². The van der Waals surface area contributed by atoms with E-state index in [1.807, 2.05) is 17.5 Å². The molecule has 3 rings (SSSR count). The van der Waals surface area contributed by atoms with Gasteiger partial charge in [-0.05, 0) is 24.1 Å². The van der Waals surface area contributed by atoms with E-state index in [1.165, 1.54) is 29.0 Å². The molecule has 0 saturated carbocycles. The molecule has 3 aromatic rings. The average molecular weight is 385 g/mol. The van der Waals surface area contributed by atoms with Crippen LogP contribution < -0.4 is 5.32 Å². The highest BCUT2D eigenvalue weighted by Crippen LogP contribution is 2.26. The Balaban J connectivity index is 1.63. The number of thiophene rings is 1. The number of aryl methyl sites for hydroxylation is 1. The molecule has 0 saturated heterocycles. The van der Waals surface area contributed by atoms with Gasteiger partial charge in [0.2, 0.25) is 5.91 Å². The lowest BCUT2D eigenvalue weighted by Crippen LogP contribution is -2.07. The second kappa shape index (κ2) is 8.03. The highest BCUT2D eigenvalue weighted by Gasteiger charge is 2.09. The standard InChI is InChI=1S/C18H15N3O3S2/c1-2-12-3-5-13(6-4-12)15-11-25-18(19-15)20-16(22)9-7-14-8-10-17(26-14)21(23)24/h3-11H,2H2,1H3,(H,19,20,22). The first-order valence-corrected chi connectivity index (χ1v) is 9.53. The van der Waals surface area contributed by atoms with E-state index in [1.54, 1.807) is 12.1 Å². The minimum atomic E-state index is -0.452. The summed E-state index contributed by atoms with van der Waals surface area (Å²) >= 11 is 2.36. The van der Waals surface area contributed by atoms with Crippen molar-refractivity contribution in [3.63, 3.8) is 0 Å². The Labute approximate surface area is 158 Å². The van der Waals surface area contributed by atoms with Crippen molar-refractivity contribution in [2.75, 3.05) is 5.32 Å². The summed E-state index contributed by atoms with van der Waals surface area (Å²) in [5.74, 6) is -0.330. The Hall–Kier alpha value is -2.84. The molecule has 0 aliphatic heterocycles. The van der Waals surface area contributed by atoms with E-state index in [4.69, 9.17) is 0 Å². The molecule has 0 atom stereocenters. The van der Waals surface area contributed by atoms with Crippen LogP contribution in [-0.4, -0.2) is 15.8 Å². The Morgan fingerprint density at radius 1 is 1.27 bits per heavy atom. The molecule has 0 bridgehead atoms. The molecule has 132 valence electrons. The molecule has 1 N–H and O–H groups in total. The van der Waals surface area contributed by atoms with E-state index < -0.39 is 4.92 Å². The van der Waals surface area contributed by atoms with Crippen molar-refractivity contribution in [2.45, 2.75) is 13.3 Å². The molecular formula is C18H15N3O3S2. The topological polar surface area (TPSA) is 85.1 Å². The normalized spacial score (nSPS) is 11.0. The van der Waals surface area contributed by atoms with Crippen LogP contribution in [0.2, 0.25) is 0 Å². The molecular weight excluding hydrogens is 370 g/mol. The van der Waals surface area contributed by atoms with Crippen LogP contribution in [0, 0.1) is 10.1 Å². The number of thiazole rings is 1. The van der Waals surface area contributed by atoms with Gasteiger partial charge in [-0.25, -0.2) is 4.98 Å². The quantitative estimate of drug-likeness (QED) is 0.368. The molecule has 0 aliphatic rings. The van der Waals surface area contributed by atoms with Crippen molar-refractivity contribution in [1.29, 1.82) is 0 Å². The molecule has 2 aromatic heterocycles. The van der Waals surface area contributed by atoms with E-state index >= 15 is 0 Å². The maximum atomic E-state index is 12.0. The van der Waals surface area contributed by atoms with Crippen molar-refractivity contribution < 1.29 is 9.72 Å². The monoisotopic (exact) mass is 385 g/mol. The van der Waals surface area contributed by atoms with Gasteiger partial charge < -0.3 is 0 Å². The Morgan fingerprint density at radius 2 is 2.04 bits per heavy atom. The number of aromatic nitrogens is 1. The predicted molar refractivity (Wildman–Crippen MR) is 106 cm³/mol. The largest absolute Gasteiger partial charge is 0.324 e. The molecule has 1 amide bonds. The second-order valence-electron chi connectivity index (χ2n) is 5.34. The predicted octanol–water partition coefficient (Wildman–Crippen LogP) is 4.99. The lowest BCUT2D eigenvalue weighted by Gasteiger charge is -1.99. The van der Waals surface area contributed by atoms with Gasteiger partial charge in [-0.2, -0.15) is 0 Å². The van der Waals surface area contributed by atoms with Crippen LogP contribution in [0.25, 0.3) is 17.3 Å². The number of hydrogen-bond donors (Lipinski definition) is 1. The van der Waals surface area contributed by atoms with E-state index in [0.29, 0.717) is 10.0 Å². The van der Waals surface area contributed by atoms with Crippen LogP contribution in [0.4, 0.5) is 10.1 Å². The number of nitrogens with one attached hydrogen (secondary N) is 1. The van der Waals surface area contributed by atoms with Gasteiger partial charge in [0.05, 0.1) is 10.6 Å². The van der Waals surface area contributed by atoms with Crippen molar-refractivity contribution in [1.82, 2.24) is 4.98 Å². The van der Waals surface area contributed by atoms with Crippen LogP contribution >= 0.6 is 22.7 Å². The maximum Gasteiger partial charge on any atom is 0.324 e. The lowest BCUT2D eigenvalue weighted by atomic mass is 10.1. The molecule has 0 unspecified atom stereocenters. The number of benzene rings is 1. The molecule has 0 aliphatic carbocycles. The molecule has 26 heavy (non-hydrogen) atoms. The summed E-state index contributed by atoms with van der Waals surface area (Å²) in [4.78, 5) is 27.3. The zero-order valence-corrected chi connectivity index (χ0v) is 15.5. The Bertz CT molecular complexity index is 958. The third-order valence-electron chi connectivity index (χ3n) is 3.58. The SMILES string of the molecule is CCc1ccc(-c2csc(NC(=O)C=Cc3ccc([N+](=O)[O-])s3)n2)cc1. The minimum Gasteiger partial charge on any atom is -0.298 e. The summed E-state index contributed by atoms with van der Waals surface area (Å²) < 4.78 is 0. The zero-order valence-electron chi connectivity index (χ0n) is 13.8. The van der Waals surface area contributed by atoms with Gasteiger partial charge in [-0.15, -0.1) is 11.3 Å². The minimum absolute atomic E-state index is 0.0451. The number of nitro groups is 1. The maximum absolute atomic E-state index is 12.0. The van der Waals surface area contributed by atoms with Crippen molar-refractivity contribution >= 4 is 44.8 Å². The second-order valence-corrected chi connectivity index (χ2v) is 7.30. The van der Waals surface area contributed by atoms with E-state index in [2.05, 4.69) is 29.4 Å². The Morgan fingerprint density at radius 3 is 2.69 bits per heavy atom. The fourth-order valence-electron chi connectivity index (χ4n) is 2.21. The van der Waals surface area contributed by atoms with Crippen LogP contribution in [0.1, 0.15) is 17.4 Å². The molecule has 0 fully saturated rings. The number of nitrogens with zero attached hydrogens (tertiary/aromatic N) is 2. The van der Waals surface area contributed by atoms with Crippen LogP contribution in [0.15, 0.2) is 47.9 Å². The molecule has 0 spiro atoms. The van der Waals surface area contributed by atoms with Crippen molar-refractivity contribution in [3.8, 4) is 11.3 Å². The van der Waals surface area contributed by atoms with Gasteiger partial charge in [0.25, 0.3) is 0 Å². The van der Waals surface area contributed by atoms with Gasteiger partial charge in [0.15, 0.2) is 5.13 Å². The Kier molecular flexibility index (Phi) is 5.55. The summed E-state index contributed by atoms with van der Waals surface area (Å²) in [5, 5.41) is 15.8. The van der Waals surface area contributed by atoms with Crippen molar-refractivity contribution in [3.05, 3.63) is 68.4 Å². The fraction of sp³-hybridized carbons (Fsp3) is 0.111. The first kappa shape index (κ1) is 18.0. The summed E-state index contributed by atoms with van der Waals surface area (Å²) in [6, 6.07) is 11.2. The number of anilines is 1. The number of carbonyl (C=O) groups is 1. The first-order valence-electron chi connectivity index (χ1n) is 7.83. The fourth-order valence-corrected chi connectivity index (χ4v) is 3.66. The highest BCUT2D eigenvalue weighted by atomic mass is 32.1. The molecule has 8 heteroatoms. The highest BCUT2D eigenvalue weighted by molar-refractivity contribution is 7.16. The smallest absolute Gasteiger partial charge is 0.298 e. The first-order chi connectivity index (χ1) is 12.5. The summed E-state index contributed by atoms with van der Waals surface area (Å²) in [5.41, 5.74) is 3.07. The van der Waals surface area contributed by atoms with Gasteiger partial charge in [-0.3, -0.25) is 20.2 Å². The lowest BCUT2D eigenvalue weighted by molar-refractivity contribution is -0.380. The summed E-state index contributed by atoms with van der Waals surface area (Å²) in [6.07, 6.45) is 3.87. The molecule has 1 aromatic carbocycles. The van der Waals surface area contributed by atoms with Crippen LogP contribution in [0.5, 0.6) is 0 Å². The van der Waals surface area contributed by atoms with Gasteiger partial charge >= 0.3 is 5.00 Å². The number of amides is 1. The summed E-state index contributed by atoms with van der Waals surface area (Å²) in [6.45, 7) is 2.10. The number of carbonyl (C=O) groups excluding carboxylic acids is 1. The zero-order chi connectivity index (χ0) is 18.5. The third kappa shape index (κ3) is 4.41. The molecule has 6 nitrogen and oxygen atoms in total. The van der Waals surface area contributed by atoms with Crippen molar-refractivity contribution in [2.24, 2.45) is 0 Å². The van der Waals surface area contributed by atoms with E-state index in [9.17, 15) is 14.9 Å². The van der Waals surface area contributed by atoms with Gasteiger partial charge in [0, 0.05) is 28.0 Å². The average Bonchev–Trinajstić information content (AvgIpc) is 3.30. The van der Waals surface area contributed by atoms with Gasteiger partial charge in [-0.1, -0.05) is 42.5 Å². The number of hydrogen-bond acceptors (Lipinski definition) is 6. The number of rotatable bonds is 6.